The molecule has 0 aliphatic heterocycles. The first kappa shape index (κ1) is 24.1. The molecule has 33 heavy (non-hydrogen) atoms. The molecular formula is C25H27N3O4S. The Balaban J connectivity index is 1.58. The Labute approximate surface area is 197 Å². The van der Waals surface area contributed by atoms with E-state index in [2.05, 4.69) is 17.2 Å². The van der Waals surface area contributed by atoms with E-state index < -0.39 is 17.8 Å². The molecule has 1 amide bonds. The largest absolute Gasteiger partial charge is 0.494 e. The summed E-state index contributed by atoms with van der Waals surface area (Å²) in [6.45, 7) is 4.53. The third-order valence-electron chi connectivity index (χ3n) is 4.85. The second kappa shape index (κ2) is 11.9. The average Bonchev–Trinajstić information content (AvgIpc) is 3.31. The van der Waals surface area contributed by atoms with Gasteiger partial charge in [0.2, 0.25) is 5.91 Å². The molecule has 2 N–H and O–H groups in total. The van der Waals surface area contributed by atoms with Gasteiger partial charge in [-0.2, -0.15) is 0 Å². The van der Waals surface area contributed by atoms with Gasteiger partial charge >= 0.3 is 5.97 Å². The minimum absolute atomic E-state index is 0.0538. The number of aromatic nitrogens is 1. The fourth-order valence-electron chi connectivity index (χ4n) is 3.06. The molecule has 0 fully saturated rings. The third kappa shape index (κ3) is 6.73. The SMILES string of the molecule is CCCOc1ccc(-c2cnc(NC(=O)C(CC)C(=N)C(=O)OCc3ccccc3)s2)cc1. The molecule has 1 heterocycles. The van der Waals surface area contributed by atoms with Crippen molar-refractivity contribution >= 4 is 34.1 Å². The van der Waals surface area contributed by atoms with Gasteiger partial charge in [0.15, 0.2) is 5.13 Å². The lowest BCUT2D eigenvalue weighted by Gasteiger charge is -2.14. The topological polar surface area (TPSA) is 101 Å². The Hall–Kier alpha value is -3.52. The number of hydrogen-bond donors (Lipinski definition) is 2. The van der Waals surface area contributed by atoms with E-state index in [4.69, 9.17) is 14.9 Å². The summed E-state index contributed by atoms with van der Waals surface area (Å²) in [6.07, 6.45) is 2.92. The number of carbonyl (C=O) groups is 2. The molecule has 3 aromatic rings. The molecule has 0 saturated carbocycles. The molecule has 0 radical (unpaired) electrons. The van der Waals surface area contributed by atoms with Crippen molar-refractivity contribution in [2.75, 3.05) is 11.9 Å². The number of carbonyl (C=O) groups excluding carboxylic acids is 2. The highest BCUT2D eigenvalue weighted by Gasteiger charge is 2.28. The summed E-state index contributed by atoms with van der Waals surface area (Å²) in [5.74, 6) is -1.37. The average molecular weight is 466 g/mol. The number of hydrogen-bond acceptors (Lipinski definition) is 7. The molecule has 3 rings (SSSR count). The predicted molar refractivity (Wildman–Crippen MR) is 130 cm³/mol. The van der Waals surface area contributed by atoms with Gasteiger partial charge < -0.3 is 14.8 Å². The van der Waals surface area contributed by atoms with E-state index in [1.54, 1.807) is 13.1 Å². The molecule has 2 aromatic carbocycles. The second-order valence-electron chi connectivity index (χ2n) is 7.33. The van der Waals surface area contributed by atoms with E-state index in [-0.39, 0.29) is 12.3 Å². The second-order valence-corrected chi connectivity index (χ2v) is 8.36. The molecule has 0 aliphatic carbocycles. The van der Waals surface area contributed by atoms with Gasteiger partial charge in [-0.1, -0.05) is 55.5 Å². The number of amides is 1. The van der Waals surface area contributed by atoms with Crippen LogP contribution in [0.5, 0.6) is 5.75 Å². The van der Waals surface area contributed by atoms with Crippen LogP contribution in [0.25, 0.3) is 10.4 Å². The van der Waals surface area contributed by atoms with Gasteiger partial charge in [-0.25, -0.2) is 9.78 Å². The number of nitrogens with zero attached hydrogens (tertiary/aromatic N) is 1. The lowest BCUT2D eigenvalue weighted by molar-refractivity contribution is -0.137. The third-order valence-corrected chi connectivity index (χ3v) is 5.82. The lowest BCUT2D eigenvalue weighted by atomic mass is 9.99. The number of thiazole rings is 1. The molecule has 0 saturated heterocycles. The van der Waals surface area contributed by atoms with Crippen LogP contribution in [0.2, 0.25) is 0 Å². The molecule has 172 valence electrons. The Bertz CT molecular complexity index is 1080. The molecule has 1 aromatic heterocycles. The first-order valence-electron chi connectivity index (χ1n) is 10.8. The van der Waals surface area contributed by atoms with Crippen LogP contribution in [0.4, 0.5) is 5.13 Å². The smallest absolute Gasteiger partial charge is 0.353 e. The Kier molecular flexibility index (Phi) is 8.71. The van der Waals surface area contributed by atoms with Crippen molar-refractivity contribution in [1.29, 1.82) is 5.41 Å². The summed E-state index contributed by atoms with van der Waals surface area (Å²) >= 11 is 1.32. The van der Waals surface area contributed by atoms with Gasteiger partial charge in [0.05, 0.1) is 17.4 Å². The number of benzene rings is 2. The minimum atomic E-state index is -0.921. The maximum atomic E-state index is 12.7. The van der Waals surface area contributed by atoms with Crippen molar-refractivity contribution in [2.24, 2.45) is 5.92 Å². The summed E-state index contributed by atoms with van der Waals surface area (Å²) < 4.78 is 10.8. The van der Waals surface area contributed by atoms with E-state index in [1.807, 2.05) is 54.6 Å². The van der Waals surface area contributed by atoms with Crippen molar-refractivity contribution in [1.82, 2.24) is 4.98 Å². The maximum Gasteiger partial charge on any atom is 0.353 e. The number of rotatable bonds is 11. The molecule has 0 spiro atoms. The minimum Gasteiger partial charge on any atom is -0.494 e. The fraction of sp³-hybridized carbons (Fsp3) is 0.280. The number of esters is 1. The van der Waals surface area contributed by atoms with Crippen LogP contribution in [0, 0.1) is 11.3 Å². The van der Waals surface area contributed by atoms with Gasteiger partial charge in [0.1, 0.15) is 18.1 Å². The van der Waals surface area contributed by atoms with E-state index in [0.29, 0.717) is 18.2 Å². The van der Waals surface area contributed by atoms with E-state index >= 15 is 0 Å². The van der Waals surface area contributed by atoms with Crippen LogP contribution in [0.15, 0.2) is 60.8 Å². The number of anilines is 1. The summed E-state index contributed by atoms with van der Waals surface area (Å²) in [7, 11) is 0. The van der Waals surface area contributed by atoms with Crippen LogP contribution in [0.1, 0.15) is 32.3 Å². The van der Waals surface area contributed by atoms with Gasteiger partial charge in [-0.15, -0.1) is 0 Å². The van der Waals surface area contributed by atoms with Crippen molar-refractivity contribution in [3.63, 3.8) is 0 Å². The first-order chi connectivity index (χ1) is 16.0. The molecule has 0 aliphatic rings. The van der Waals surface area contributed by atoms with Crippen molar-refractivity contribution in [3.05, 3.63) is 66.4 Å². The normalized spacial score (nSPS) is 11.5. The van der Waals surface area contributed by atoms with Gasteiger partial charge in [-0.3, -0.25) is 10.2 Å². The molecular weight excluding hydrogens is 438 g/mol. The molecule has 0 bridgehead atoms. The summed E-state index contributed by atoms with van der Waals surface area (Å²) in [6, 6.07) is 16.9. The molecule has 1 atom stereocenters. The van der Waals surface area contributed by atoms with Crippen molar-refractivity contribution in [2.45, 2.75) is 33.3 Å². The Morgan fingerprint density at radius 2 is 1.82 bits per heavy atom. The van der Waals surface area contributed by atoms with Gasteiger partial charge in [-0.05, 0) is 48.2 Å². The molecule has 7 nitrogen and oxygen atoms in total. The van der Waals surface area contributed by atoms with Gasteiger partial charge in [0, 0.05) is 6.20 Å². The van der Waals surface area contributed by atoms with Crippen molar-refractivity contribution < 1.29 is 19.1 Å². The van der Waals surface area contributed by atoms with Crippen LogP contribution >= 0.6 is 11.3 Å². The Morgan fingerprint density at radius 3 is 2.48 bits per heavy atom. The van der Waals surface area contributed by atoms with E-state index in [1.165, 1.54) is 11.3 Å². The zero-order valence-corrected chi connectivity index (χ0v) is 19.5. The van der Waals surface area contributed by atoms with Crippen LogP contribution in [0.3, 0.4) is 0 Å². The molecule has 8 heteroatoms. The zero-order valence-electron chi connectivity index (χ0n) is 18.7. The number of nitrogens with one attached hydrogen (secondary N) is 2. The highest BCUT2D eigenvalue weighted by molar-refractivity contribution is 7.19. The van der Waals surface area contributed by atoms with Crippen LogP contribution in [-0.4, -0.2) is 29.2 Å². The molecule has 1 unspecified atom stereocenters. The summed E-state index contributed by atoms with van der Waals surface area (Å²) in [5.41, 5.74) is 1.41. The number of ether oxygens (including phenoxy) is 2. The van der Waals surface area contributed by atoms with Crippen molar-refractivity contribution in [3.8, 4) is 16.2 Å². The summed E-state index contributed by atoms with van der Waals surface area (Å²) in [4.78, 5) is 30.2. The van der Waals surface area contributed by atoms with E-state index in [9.17, 15) is 9.59 Å². The Morgan fingerprint density at radius 1 is 1.09 bits per heavy atom. The standard InChI is InChI=1S/C25H27N3O4S/c1-3-14-31-19-12-10-18(11-13-19)21-15-27-25(33-21)28-23(29)20(4-2)22(26)24(30)32-16-17-8-6-5-7-9-17/h5-13,15,20,26H,3-4,14,16H2,1-2H3,(H,27,28,29). The maximum absolute atomic E-state index is 12.7. The van der Waals surface area contributed by atoms with E-state index in [0.717, 1.165) is 28.2 Å². The quantitative estimate of drug-likeness (QED) is 0.294. The first-order valence-corrected chi connectivity index (χ1v) is 11.6. The van der Waals surface area contributed by atoms with Gasteiger partial charge in [0.25, 0.3) is 0 Å². The van der Waals surface area contributed by atoms with Crippen LogP contribution in [-0.2, 0) is 20.9 Å². The predicted octanol–water partition coefficient (Wildman–Crippen LogP) is 5.33. The fourth-order valence-corrected chi connectivity index (χ4v) is 3.88. The zero-order chi connectivity index (χ0) is 23.6. The van der Waals surface area contributed by atoms with Crippen LogP contribution < -0.4 is 10.1 Å². The lowest BCUT2D eigenvalue weighted by Crippen LogP contribution is -2.34. The highest BCUT2D eigenvalue weighted by atomic mass is 32.1. The highest BCUT2D eigenvalue weighted by Crippen LogP contribution is 2.30. The monoisotopic (exact) mass is 465 g/mol. The summed E-state index contributed by atoms with van der Waals surface area (Å²) in [5, 5.41) is 11.3.